The van der Waals surface area contributed by atoms with Crippen LogP contribution in [0.2, 0.25) is 10.0 Å². The first-order valence-electron chi connectivity index (χ1n) is 12.4. The van der Waals surface area contributed by atoms with Crippen molar-refractivity contribution >= 4 is 52.5 Å². The fourth-order valence-electron chi connectivity index (χ4n) is 4.20. The molecule has 0 radical (unpaired) electrons. The summed E-state index contributed by atoms with van der Waals surface area (Å²) in [6.07, 6.45) is 3.61. The Kier molecular flexibility index (Phi) is 8.62. The number of rotatable bonds is 7. The van der Waals surface area contributed by atoms with Gasteiger partial charge in [0.1, 0.15) is 11.5 Å². The Hall–Kier alpha value is -3.22. The Balaban J connectivity index is 1.32. The molecule has 0 bridgehead atoms. The predicted octanol–water partition coefficient (Wildman–Crippen LogP) is 6.91. The number of furan rings is 1. The van der Waals surface area contributed by atoms with Crippen molar-refractivity contribution in [1.29, 1.82) is 0 Å². The van der Waals surface area contributed by atoms with Gasteiger partial charge < -0.3 is 19.5 Å². The van der Waals surface area contributed by atoms with Crippen molar-refractivity contribution < 1.29 is 14.0 Å². The molecule has 194 valence electrons. The van der Waals surface area contributed by atoms with Crippen molar-refractivity contribution in [1.82, 2.24) is 4.90 Å². The van der Waals surface area contributed by atoms with Crippen molar-refractivity contribution in [2.24, 2.45) is 5.92 Å². The standard InChI is InChI=1S/C29H31Cl2N3O3/c1-19(2)16-29(36)34-14-12-33(13-15-34)26-9-6-22(18-25(26)31)32-28(35)11-8-23-7-10-27(37-23)21-5-4-20(3)24(30)17-21/h4-11,17-19H,12-16H2,1-3H3,(H,32,35)/b11-8+. The summed E-state index contributed by atoms with van der Waals surface area (Å²) < 4.78 is 5.83. The van der Waals surface area contributed by atoms with E-state index < -0.39 is 0 Å². The normalized spacial score (nSPS) is 14.0. The third-order valence-corrected chi connectivity index (χ3v) is 6.96. The highest BCUT2D eigenvalue weighted by Crippen LogP contribution is 2.30. The first-order valence-corrected chi connectivity index (χ1v) is 13.1. The van der Waals surface area contributed by atoms with Crippen LogP contribution < -0.4 is 10.2 Å². The number of carbonyl (C=O) groups excluding carboxylic acids is 2. The second-order valence-corrected chi connectivity index (χ2v) is 10.4. The van der Waals surface area contributed by atoms with E-state index in [4.69, 9.17) is 27.6 Å². The molecule has 1 fully saturated rings. The van der Waals surface area contributed by atoms with Gasteiger partial charge in [0, 0.05) is 54.9 Å². The average Bonchev–Trinajstić information content (AvgIpc) is 3.33. The lowest BCUT2D eigenvalue weighted by Gasteiger charge is -2.36. The average molecular weight is 540 g/mol. The third kappa shape index (κ3) is 6.96. The molecule has 1 aliphatic heterocycles. The van der Waals surface area contributed by atoms with Crippen LogP contribution in [0.3, 0.4) is 0 Å². The van der Waals surface area contributed by atoms with Crippen molar-refractivity contribution in [3.8, 4) is 11.3 Å². The summed E-state index contributed by atoms with van der Waals surface area (Å²) >= 11 is 12.8. The quantitative estimate of drug-likeness (QED) is 0.331. The summed E-state index contributed by atoms with van der Waals surface area (Å²) in [5, 5.41) is 4.06. The Morgan fingerprint density at radius 2 is 1.76 bits per heavy atom. The molecule has 0 atom stereocenters. The fourth-order valence-corrected chi connectivity index (χ4v) is 4.68. The van der Waals surface area contributed by atoms with Crippen molar-refractivity contribution in [3.63, 3.8) is 0 Å². The van der Waals surface area contributed by atoms with Crippen LogP contribution >= 0.6 is 23.2 Å². The Morgan fingerprint density at radius 1 is 1.00 bits per heavy atom. The fraction of sp³-hybridized carbons (Fsp3) is 0.310. The highest BCUT2D eigenvalue weighted by molar-refractivity contribution is 6.33. The number of nitrogens with one attached hydrogen (secondary N) is 1. The molecule has 0 unspecified atom stereocenters. The molecule has 0 spiro atoms. The number of halogens is 2. The van der Waals surface area contributed by atoms with Gasteiger partial charge in [0.2, 0.25) is 11.8 Å². The van der Waals surface area contributed by atoms with E-state index in [0.29, 0.717) is 52.7 Å². The van der Waals surface area contributed by atoms with Crippen LogP contribution in [0, 0.1) is 12.8 Å². The summed E-state index contributed by atoms with van der Waals surface area (Å²) in [4.78, 5) is 28.9. The molecule has 1 saturated heterocycles. The maximum Gasteiger partial charge on any atom is 0.248 e. The van der Waals surface area contributed by atoms with E-state index in [2.05, 4.69) is 24.1 Å². The molecule has 4 rings (SSSR count). The maximum absolute atomic E-state index is 12.5. The molecule has 3 aromatic rings. The van der Waals surface area contributed by atoms with Crippen LogP contribution in [0.15, 0.2) is 59.0 Å². The van der Waals surface area contributed by atoms with Crippen LogP contribution in [0.5, 0.6) is 0 Å². The zero-order chi connectivity index (χ0) is 26.5. The molecule has 2 amide bonds. The second-order valence-electron chi connectivity index (χ2n) is 9.62. The van der Waals surface area contributed by atoms with Crippen molar-refractivity contribution in [3.05, 3.63) is 76.0 Å². The van der Waals surface area contributed by atoms with E-state index in [-0.39, 0.29) is 11.8 Å². The van der Waals surface area contributed by atoms with E-state index in [1.807, 2.05) is 48.2 Å². The summed E-state index contributed by atoms with van der Waals surface area (Å²) in [6, 6.07) is 14.9. The Labute approximate surface area is 227 Å². The predicted molar refractivity (Wildman–Crippen MR) is 151 cm³/mol. The van der Waals surface area contributed by atoms with Crippen molar-refractivity contribution in [2.45, 2.75) is 27.2 Å². The number of hydrogen-bond acceptors (Lipinski definition) is 4. The molecular weight excluding hydrogens is 509 g/mol. The van der Waals surface area contributed by atoms with E-state index in [0.717, 1.165) is 29.9 Å². The molecule has 0 aliphatic carbocycles. The second kappa shape index (κ2) is 11.9. The minimum atomic E-state index is -0.294. The van der Waals surface area contributed by atoms with Gasteiger partial charge in [0.25, 0.3) is 0 Å². The maximum atomic E-state index is 12.5. The Bertz CT molecular complexity index is 1310. The molecule has 1 aromatic heterocycles. The van der Waals surface area contributed by atoms with Gasteiger partial charge >= 0.3 is 0 Å². The summed E-state index contributed by atoms with van der Waals surface area (Å²) in [6.45, 7) is 8.85. The molecule has 2 heterocycles. The number of benzene rings is 2. The molecular formula is C29H31Cl2N3O3. The molecule has 37 heavy (non-hydrogen) atoms. The highest BCUT2D eigenvalue weighted by atomic mass is 35.5. The lowest BCUT2D eigenvalue weighted by atomic mass is 10.1. The van der Waals surface area contributed by atoms with E-state index in [1.54, 1.807) is 18.2 Å². The first kappa shape index (κ1) is 26.8. The lowest BCUT2D eigenvalue weighted by Crippen LogP contribution is -2.49. The van der Waals surface area contributed by atoms with Crippen LogP contribution in [-0.2, 0) is 9.59 Å². The number of carbonyl (C=O) groups is 2. The first-order chi connectivity index (χ1) is 17.7. The topological polar surface area (TPSA) is 65.8 Å². The van der Waals surface area contributed by atoms with Gasteiger partial charge in [-0.15, -0.1) is 0 Å². The number of nitrogens with zero attached hydrogens (tertiary/aromatic N) is 2. The molecule has 1 N–H and O–H groups in total. The number of amides is 2. The number of anilines is 2. The van der Waals surface area contributed by atoms with Crippen LogP contribution in [-0.4, -0.2) is 42.9 Å². The number of piperazine rings is 1. The monoisotopic (exact) mass is 539 g/mol. The molecule has 1 aliphatic rings. The van der Waals surface area contributed by atoms with Crippen LogP contribution in [0.1, 0.15) is 31.6 Å². The smallest absolute Gasteiger partial charge is 0.248 e. The zero-order valence-corrected chi connectivity index (χ0v) is 22.8. The van der Waals surface area contributed by atoms with Gasteiger partial charge in [-0.05, 0) is 60.9 Å². The lowest BCUT2D eigenvalue weighted by molar-refractivity contribution is -0.132. The van der Waals surface area contributed by atoms with Gasteiger partial charge in [-0.25, -0.2) is 0 Å². The summed E-state index contributed by atoms with van der Waals surface area (Å²) in [7, 11) is 0. The largest absolute Gasteiger partial charge is 0.457 e. The van der Waals surface area contributed by atoms with Gasteiger partial charge in [-0.3, -0.25) is 9.59 Å². The zero-order valence-electron chi connectivity index (χ0n) is 21.3. The number of hydrogen-bond donors (Lipinski definition) is 1. The van der Waals surface area contributed by atoms with E-state index in [9.17, 15) is 9.59 Å². The van der Waals surface area contributed by atoms with E-state index >= 15 is 0 Å². The highest BCUT2D eigenvalue weighted by Gasteiger charge is 2.23. The Morgan fingerprint density at radius 3 is 2.43 bits per heavy atom. The SMILES string of the molecule is Cc1ccc(-c2ccc(/C=C/C(=O)Nc3ccc(N4CCN(C(=O)CC(C)C)CC4)c(Cl)c3)o2)cc1Cl. The number of aryl methyl sites for hydroxylation is 1. The van der Waals surface area contributed by atoms with Gasteiger partial charge in [-0.1, -0.05) is 49.2 Å². The third-order valence-electron chi connectivity index (χ3n) is 6.25. The molecule has 6 nitrogen and oxygen atoms in total. The molecule has 2 aromatic carbocycles. The minimum absolute atomic E-state index is 0.206. The summed E-state index contributed by atoms with van der Waals surface area (Å²) in [5.41, 5.74) is 3.37. The summed E-state index contributed by atoms with van der Waals surface area (Å²) in [5.74, 6) is 1.50. The van der Waals surface area contributed by atoms with Gasteiger partial charge in [0.15, 0.2) is 0 Å². The van der Waals surface area contributed by atoms with Gasteiger partial charge in [-0.2, -0.15) is 0 Å². The van der Waals surface area contributed by atoms with Crippen LogP contribution in [0.4, 0.5) is 11.4 Å². The minimum Gasteiger partial charge on any atom is -0.457 e. The van der Waals surface area contributed by atoms with E-state index in [1.165, 1.54) is 6.08 Å². The van der Waals surface area contributed by atoms with Gasteiger partial charge in [0.05, 0.1) is 10.7 Å². The molecule has 0 saturated carbocycles. The molecule has 8 heteroatoms. The van der Waals surface area contributed by atoms with Crippen molar-refractivity contribution in [2.75, 3.05) is 36.4 Å². The van der Waals surface area contributed by atoms with Crippen LogP contribution in [0.25, 0.3) is 17.4 Å².